The Morgan fingerprint density at radius 2 is 1.73 bits per heavy atom. The normalized spacial score (nSPS) is 10.6. The highest BCUT2D eigenvalue weighted by Gasteiger charge is 2.13. The summed E-state index contributed by atoms with van der Waals surface area (Å²) in [6, 6.07) is 15.2. The maximum absolute atomic E-state index is 12.1. The van der Waals surface area contributed by atoms with Gasteiger partial charge in [-0.1, -0.05) is 41.6 Å². The third kappa shape index (κ3) is 5.90. The van der Waals surface area contributed by atoms with Gasteiger partial charge in [-0.15, -0.1) is 10.2 Å². The Kier molecular flexibility index (Phi) is 7.56. The summed E-state index contributed by atoms with van der Waals surface area (Å²) in [5.74, 6) is 8.22. The second-order valence-corrected chi connectivity index (χ2v) is 7.38. The zero-order valence-electron chi connectivity index (χ0n) is 17.0. The predicted octanol–water partition coefficient (Wildman–Crippen LogP) is 2.65. The van der Waals surface area contributed by atoms with Crippen LogP contribution in [-0.4, -0.2) is 46.3 Å². The second kappa shape index (κ2) is 10.5. The van der Waals surface area contributed by atoms with E-state index in [9.17, 15) is 4.79 Å². The molecule has 9 heteroatoms. The summed E-state index contributed by atoms with van der Waals surface area (Å²) in [7, 11) is 0. The molecule has 30 heavy (non-hydrogen) atoms. The fourth-order valence-electron chi connectivity index (χ4n) is 2.61. The van der Waals surface area contributed by atoms with Crippen molar-refractivity contribution in [3.8, 4) is 22.9 Å². The number of nitrogens with one attached hydrogen (secondary N) is 1. The van der Waals surface area contributed by atoms with Gasteiger partial charge in [0.15, 0.2) is 5.82 Å². The molecule has 0 saturated heterocycles. The Labute approximate surface area is 179 Å². The molecule has 0 aliphatic carbocycles. The number of carbonyl (C=O) groups is 1. The van der Waals surface area contributed by atoms with Gasteiger partial charge in [-0.25, -0.2) is 4.68 Å². The molecule has 0 aliphatic heterocycles. The number of hydrogen-bond donors (Lipinski definition) is 2. The average Bonchev–Trinajstić information content (AvgIpc) is 3.12. The van der Waals surface area contributed by atoms with Gasteiger partial charge in [0.25, 0.3) is 0 Å². The van der Waals surface area contributed by atoms with Crippen LogP contribution in [0.1, 0.15) is 12.5 Å². The van der Waals surface area contributed by atoms with Crippen molar-refractivity contribution in [1.82, 2.24) is 20.2 Å². The van der Waals surface area contributed by atoms with Gasteiger partial charge in [0.2, 0.25) is 11.1 Å². The lowest BCUT2D eigenvalue weighted by Gasteiger charge is -2.09. The van der Waals surface area contributed by atoms with Crippen molar-refractivity contribution in [2.45, 2.75) is 19.0 Å². The number of hydrogen-bond acceptors (Lipinski definition) is 7. The fourth-order valence-corrected chi connectivity index (χ4v) is 3.30. The number of rotatable bonds is 10. The lowest BCUT2D eigenvalue weighted by molar-refractivity contribution is -0.118. The lowest BCUT2D eigenvalue weighted by atomic mass is 10.1. The van der Waals surface area contributed by atoms with Crippen LogP contribution >= 0.6 is 11.8 Å². The van der Waals surface area contributed by atoms with E-state index >= 15 is 0 Å². The van der Waals surface area contributed by atoms with E-state index in [1.807, 2.05) is 62.4 Å². The number of aromatic nitrogens is 3. The van der Waals surface area contributed by atoms with Gasteiger partial charge >= 0.3 is 0 Å². The molecule has 1 heterocycles. The molecule has 0 saturated carbocycles. The van der Waals surface area contributed by atoms with E-state index in [-0.39, 0.29) is 11.7 Å². The number of nitrogen functional groups attached to an aromatic ring is 1. The van der Waals surface area contributed by atoms with Crippen LogP contribution < -0.4 is 20.6 Å². The summed E-state index contributed by atoms with van der Waals surface area (Å²) < 4.78 is 12.4. The van der Waals surface area contributed by atoms with Crippen LogP contribution in [0.4, 0.5) is 0 Å². The van der Waals surface area contributed by atoms with Crippen molar-refractivity contribution in [2.75, 3.05) is 31.4 Å². The number of benzene rings is 2. The summed E-state index contributed by atoms with van der Waals surface area (Å²) >= 11 is 1.23. The van der Waals surface area contributed by atoms with Gasteiger partial charge in [-0.2, -0.15) is 0 Å². The highest BCUT2D eigenvalue weighted by molar-refractivity contribution is 7.99. The van der Waals surface area contributed by atoms with E-state index in [0.29, 0.717) is 30.7 Å². The molecule has 8 nitrogen and oxygen atoms in total. The van der Waals surface area contributed by atoms with Crippen molar-refractivity contribution >= 4 is 17.7 Å². The number of carbonyl (C=O) groups excluding carboxylic acids is 1. The summed E-state index contributed by atoms with van der Waals surface area (Å²) in [5, 5.41) is 11.5. The number of amides is 1. The topological polar surface area (TPSA) is 104 Å². The molecule has 3 rings (SSSR count). The first-order chi connectivity index (χ1) is 14.6. The quantitative estimate of drug-likeness (QED) is 0.291. The van der Waals surface area contributed by atoms with E-state index in [0.717, 1.165) is 22.6 Å². The van der Waals surface area contributed by atoms with Crippen LogP contribution in [0.5, 0.6) is 11.5 Å². The average molecular weight is 428 g/mol. The Morgan fingerprint density at radius 1 is 1.07 bits per heavy atom. The van der Waals surface area contributed by atoms with Gasteiger partial charge < -0.3 is 20.6 Å². The SMILES string of the molecule is CCOc1ccc(OCCNC(=O)CSc2nnc(-c3ccc(C)cc3)n2N)cc1. The molecule has 1 amide bonds. The number of nitrogens with zero attached hydrogens (tertiary/aromatic N) is 3. The number of nitrogens with two attached hydrogens (primary N) is 1. The van der Waals surface area contributed by atoms with Gasteiger partial charge in [-0.3, -0.25) is 4.79 Å². The van der Waals surface area contributed by atoms with E-state index in [4.69, 9.17) is 15.3 Å². The number of ether oxygens (including phenoxy) is 2. The Morgan fingerprint density at radius 3 is 2.40 bits per heavy atom. The van der Waals surface area contributed by atoms with E-state index < -0.39 is 0 Å². The minimum Gasteiger partial charge on any atom is -0.494 e. The molecule has 3 aromatic rings. The van der Waals surface area contributed by atoms with Crippen LogP contribution in [0.15, 0.2) is 53.7 Å². The van der Waals surface area contributed by atoms with Crippen LogP contribution in [0.2, 0.25) is 0 Å². The first-order valence-electron chi connectivity index (χ1n) is 9.59. The monoisotopic (exact) mass is 427 g/mol. The molecule has 0 atom stereocenters. The van der Waals surface area contributed by atoms with Crippen LogP contribution in [-0.2, 0) is 4.79 Å². The first kappa shape index (κ1) is 21.5. The molecule has 0 fully saturated rings. The van der Waals surface area contributed by atoms with Crippen molar-refractivity contribution in [1.29, 1.82) is 0 Å². The Balaban J connectivity index is 1.40. The summed E-state index contributed by atoms with van der Waals surface area (Å²) in [5.41, 5.74) is 2.03. The third-order valence-corrected chi connectivity index (χ3v) is 5.08. The van der Waals surface area contributed by atoms with Crippen LogP contribution in [0, 0.1) is 6.92 Å². The van der Waals surface area contributed by atoms with Crippen LogP contribution in [0.3, 0.4) is 0 Å². The molecule has 0 unspecified atom stereocenters. The largest absolute Gasteiger partial charge is 0.494 e. The predicted molar refractivity (Wildman–Crippen MR) is 117 cm³/mol. The minimum absolute atomic E-state index is 0.129. The molecule has 0 bridgehead atoms. The molecule has 0 aliphatic rings. The first-order valence-corrected chi connectivity index (χ1v) is 10.6. The van der Waals surface area contributed by atoms with Crippen molar-refractivity contribution in [3.63, 3.8) is 0 Å². The summed E-state index contributed by atoms with van der Waals surface area (Å²) in [4.78, 5) is 12.1. The molecule has 0 radical (unpaired) electrons. The number of aryl methyl sites for hydroxylation is 1. The van der Waals surface area contributed by atoms with Crippen molar-refractivity contribution in [2.24, 2.45) is 0 Å². The second-order valence-electron chi connectivity index (χ2n) is 6.43. The molecule has 2 aromatic carbocycles. The maximum Gasteiger partial charge on any atom is 0.230 e. The smallest absolute Gasteiger partial charge is 0.230 e. The van der Waals surface area contributed by atoms with Gasteiger partial charge in [0.05, 0.1) is 18.9 Å². The molecular formula is C21H25N5O3S. The van der Waals surface area contributed by atoms with E-state index in [1.54, 1.807) is 0 Å². The fraction of sp³-hybridized carbons (Fsp3) is 0.286. The molecule has 158 valence electrons. The third-order valence-electron chi connectivity index (χ3n) is 4.13. The number of thioether (sulfide) groups is 1. The lowest BCUT2D eigenvalue weighted by Crippen LogP contribution is -2.29. The van der Waals surface area contributed by atoms with Crippen LogP contribution in [0.25, 0.3) is 11.4 Å². The maximum atomic E-state index is 12.1. The Bertz CT molecular complexity index is 958. The van der Waals surface area contributed by atoms with Crippen molar-refractivity contribution in [3.05, 3.63) is 54.1 Å². The minimum atomic E-state index is -0.129. The molecule has 0 spiro atoms. The van der Waals surface area contributed by atoms with Crippen molar-refractivity contribution < 1.29 is 14.3 Å². The highest BCUT2D eigenvalue weighted by Crippen LogP contribution is 2.21. The molecule has 1 aromatic heterocycles. The van der Waals surface area contributed by atoms with Gasteiger partial charge in [-0.05, 0) is 38.1 Å². The molecule has 3 N–H and O–H groups in total. The zero-order chi connectivity index (χ0) is 21.3. The van der Waals surface area contributed by atoms with E-state index in [1.165, 1.54) is 16.4 Å². The Hall–Kier alpha value is -3.20. The summed E-state index contributed by atoms with van der Waals surface area (Å²) in [6.07, 6.45) is 0. The summed E-state index contributed by atoms with van der Waals surface area (Å²) in [6.45, 7) is 5.34. The highest BCUT2D eigenvalue weighted by atomic mass is 32.2. The molecular weight excluding hydrogens is 402 g/mol. The van der Waals surface area contributed by atoms with E-state index in [2.05, 4.69) is 15.5 Å². The standard InChI is InChI=1S/C21H25N5O3S/c1-3-28-17-8-10-18(11-9-17)29-13-12-23-19(27)14-30-21-25-24-20(26(21)22)16-6-4-15(2)5-7-16/h4-11H,3,12-14,22H2,1-2H3,(H,23,27). The zero-order valence-corrected chi connectivity index (χ0v) is 17.8. The van der Waals surface area contributed by atoms with Gasteiger partial charge in [0, 0.05) is 5.56 Å². The van der Waals surface area contributed by atoms with Gasteiger partial charge in [0.1, 0.15) is 18.1 Å².